The molecule has 32 heavy (non-hydrogen) atoms. The number of aromatic nitrogens is 1. The number of likely N-dealkylation sites (tertiary alicyclic amines) is 1. The summed E-state index contributed by atoms with van der Waals surface area (Å²) in [6.45, 7) is 10.1. The van der Waals surface area contributed by atoms with E-state index in [2.05, 4.69) is 34.4 Å². The lowest BCUT2D eigenvalue weighted by atomic mass is 9.89. The van der Waals surface area contributed by atoms with Crippen LogP contribution in [0.1, 0.15) is 64.4 Å². The van der Waals surface area contributed by atoms with Gasteiger partial charge in [0.1, 0.15) is 6.10 Å². The number of nitrogens with zero attached hydrogens (tertiary/aromatic N) is 3. The first-order valence-electron chi connectivity index (χ1n) is 12.5. The van der Waals surface area contributed by atoms with Crippen LogP contribution in [-0.4, -0.2) is 67.9 Å². The van der Waals surface area contributed by atoms with Gasteiger partial charge < -0.3 is 25.0 Å². The molecule has 2 N–H and O–H groups in total. The minimum Gasteiger partial charge on any atom is -0.474 e. The fourth-order valence-corrected chi connectivity index (χ4v) is 4.55. The normalized spacial score (nSPS) is 23.2. The van der Waals surface area contributed by atoms with Crippen molar-refractivity contribution >= 4 is 5.96 Å². The molecule has 2 heterocycles. The van der Waals surface area contributed by atoms with Gasteiger partial charge in [-0.2, -0.15) is 0 Å². The summed E-state index contributed by atoms with van der Waals surface area (Å²) in [4.78, 5) is 11.8. The zero-order valence-corrected chi connectivity index (χ0v) is 20.3. The summed E-state index contributed by atoms with van der Waals surface area (Å²) < 4.78 is 11.3. The minimum absolute atomic E-state index is 0.303. The second-order valence-electron chi connectivity index (χ2n) is 9.30. The second kappa shape index (κ2) is 13.6. The highest BCUT2D eigenvalue weighted by molar-refractivity contribution is 5.80. The maximum atomic E-state index is 6.16. The first kappa shape index (κ1) is 24.8. The van der Waals surface area contributed by atoms with E-state index in [1.54, 1.807) is 7.11 Å². The van der Waals surface area contributed by atoms with E-state index < -0.39 is 0 Å². The Hall–Kier alpha value is -1.86. The van der Waals surface area contributed by atoms with Crippen molar-refractivity contribution in [3.63, 3.8) is 0 Å². The Balaban J connectivity index is 1.47. The molecule has 7 heteroatoms. The monoisotopic (exact) mass is 445 g/mol. The van der Waals surface area contributed by atoms with E-state index in [9.17, 15) is 0 Å². The highest BCUT2D eigenvalue weighted by atomic mass is 16.5. The molecule has 0 spiro atoms. The average molecular weight is 446 g/mol. The van der Waals surface area contributed by atoms with Crippen molar-refractivity contribution in [1.82, 2.24) is 20.5 Å². The van der Waals surface area contributed by atoms with E-state index in [1.165, 1.54) is 12.8 Å². The largest absolute Gasteiger partial charge is 0.474 e. The molecular formula is C25H43N5O2. The summed E-state index contributed by atoms with van der Waals surface area (Å²) in [6, 6.07) is 4.54. The zero-order chi connectivity index (χ0) is 22.6. The summed E-state index contributed by atoms with van der Waals surface area (Å²) in [5.41, 5.74) is 1.13. The molecule has 0 unspecified atom stereocenters. The molecule has 1 aliphatic carbocycles. The van der Waals surface area contributed by atoms with Gasteiger partial charge in [-0.25, -0.2) is 9.98 Å². The maximum Gasteiger partial charge on any atom is 0.213 e. The molecule has 0 amide bonds. The second-order valence-corrected chi connectivity index (χ2v) is 9.30. The number of ether oxygens (including phenoxy) is 2. The van der Waals surface area contributed by atoms with Gasteiger partial charge in [0.2, 0.25) is 5.88 Å². The first-order valence-corrected chi connectivity index (χ1v) is 12.5. The van der Waals surface area contributed by atoms with E-state index in [0.717, 1.165) is 88.2 Å². The number of rotatable bonds is 10. The van der Waals surface area contributed by atoms with Gasteiger partial charge in [-0.15, -0.1) is 0 Å². The molecule has 2 aliphatic rings. The molecule has 1 aromatic heterocycles. The highest BCUT2D eigenvalue weighted by Crippen LogP contribution is 2.26. The number of pyridine rings is 1. The molecule has 180 valence electrons. The Bertz CT molecular complexity index is 683. The third kappa shape index (κ3) is 8.58. The van der Waals surface area contributed by atoms with Crippen LogP contribution in [0.2, 0.25) is 0 Å². The number of aliphatic imine (C=N–C) groups is 1. The van der Waals surface area contributed by atoms with Gasteiger partial charge in [0.05, 0.1) is 6.54 Å². The van der Waals surface area contributed by atoms with E-state index in [4.69, 9.17) is 14.5 Å². The molecule has 0 atom stereocenters. The number of hydrogen-bond acceptors (Lipinski definition) is 5. The Kier molecular flexibility index (Phi) is 10.6. The summed E-state index contributed by atoms with van der Waals surface area (Å²) in [7, 11) is 1.77. The van der Waals surface area contributed by atoms with Crippen molar-refractivity contribution in [2.45, 2.75) is 77.5 Å². The van der Waals surface area contributed by atoms with Gasteiger partial charge in [-0.05, 0) is 69.4 Å². The molecule has 2 fully saturated rings. The van der Waals surface area contributed by atoms with Crippen LogP contribution in [0.5, 0.6) is 5.88 Å². The highest BCUT2D eigenvalue weighted by Gasteiger charge is 2.21. The predicted molar refractivity (Wildman–Crippen MR) is 130 cm³/mol. The van der Waals surface area contributed by atoms with Crippen molar-refractivity contribution in [2.75, 3.05) is 39.9 Å². The molecule has 3 rings (SSSR count). The van der Waals surface area contributed by atoms with Crippen LogP contribution in [0.4, 0.5) is 0 Å². The molecule has 1 saturated carbocycles. The van der Waals surface area contributed by atoms with Crippen LogP contribution in [0.15, 0.2) is 23.3 Å². The number of guanidine groups is 1. The smallest absolute Gasteiger partial charge is 0.213 e. The number of piperidine rings is 1. The quantitative estimate of drug-likeness (QED) is 0.326. The van der Waals surface area contributed by atoms with Gasteiger partial charge in [-0.3, -0.25) is 0 Å². The summed E-state index contributed by atoms with van der Waals surface area (Å²) in [5, 5.41) is 7.04. The molecule has 0 aromatic carbocycles. The third-order valence-corrected chi connectivity index (χ3v) is 6.56. The van der Waals surface area contributed by atoms with Crippen LogP contribution in [0.25, 0.3) is 0 Å². The van der Waals surface area contributed by atoms with E-state index >= 15 is 0 Å². The van der Waals surface area contributed by atoms with Gasteiger partial charge in [-0.1, -0.05) is 6.92 Å². The van der Waals surface area contributed by atoms with Crippen molar-refractivity contribution < 1.29 is 9.47 Å². The zero-order valence-electron chi connectivity index (χ0n) is 20.3. The average Bonchev–Trinajstić information content (AvgIpc) is 2.81. The lowest BCUT2D eigenvalue weighted by Crippen LogP contribution is -2.48. The maximum absolute atomic E-state index is 6.16. The van der Waals surface area contributed by atoms with Gasteiger partial charge in [0.25, 0.3) is 0 Å². The van der Waals surface area contributed by atoms with Crippen LogP contribution in [-0.2, 0) is 11.3 Å². The number of methoxy groups -OCH3 is 1. The molecule has 7 nitrogen and oxygen atoms in total. The molecule has 0 radical (unpaired) electrons. The van der Waals surface area contributed by atoms with E-state index in [1.807, 2.05) is 18.3 Å². The predicted octanol–water partition coefficient (Wildman–Crippen LogP) is 3.60. The van der Waals surface area contributed by atoms with Crippen LogP contribution in [0.3, 0.4) is 0 Å². The third-order valence-electron chi connectivity index (χ3n) is 6.56. The Labute approximate surface area is 194 Å². The molecule has 1 aliphatic heterocycles. The standard InChI is InChI=1S/C25H43N5O2/c1-4-26-25(29-22-11-15-30(16-12-22)14-5-17-31-3)28-19-21-10-13-27-24(18-21)32-23-8-6-20(2)7-9-23/h10,13,18,20,22-23H,4-9,11-12,14-17,19H2,1-3H3,(H2,26,28,29). The summed E-state index contributed by atoms with van der Waals surface area (Å²) in [6.07, 6.45) is 10.3. The lowest BCUT2D eigenvalue weighted by molar-refractivity contribution is 0.130. The van der Waals surface area contributed by atoms with Crippen molar-refractivity contribution in [3.8, 4) is 5.88 Å². The first-order chi connectivity index (χ1) is 15.7. The Morgan fingerprint density at radius 3 is 2.69 bits per heavy atom. The molecular weight excluding hydrogens is 402 g/mol. The van der Waals surface area contributed by atoms with Crippen LogP contribution in [0, 0.1) is 5.92 Å². The fourth-order valence-electron chi connectivity index (χ4n) is 4.55. The summed E-state index contributed by atoms with van der Waals surface area (Å²) in [5.74, 6) is 2.45. The van der Waals surface area contributed by atoms with Crippen LogP contribution >= 0.6 is 0 Å². The van der Waals surface area contributed by atoms with Crippen molar-refractivity contribution in [2.24, 2.45) is 10.9 Å². The van der Waals surface area contributed by atoms with Gasteiger partial charge in [0, 0.05) is 58.2 Å². The summed E-state index contributed by atoms with van der Waals surface area (Å²) >= 11 is 0. The SMILES string of the molecule is CCNC(=NCc1ccnc(OC2CCC(C)CC2)c1)NC1CCN(CCCOC)CC1. The number of nitrogens with one attached hydrogen (secondary N) is 2. The molecule has 1 aromatic rings. The van der Waals surface area contributed by atoms with Gasteiger partial charge in [0.15, 0.2) is 5.96 Å². The minimum atomic E-state index is 0.303. The fraction of sp³-hybridized carbons (Fsp3) is 0.760. The van der Waals surface area contributed by atoms with Crippen molar-refractivity contribution in [3.05, 3.63) is 23.9 Å². The Morgan fingerprint density at radius 1 is 1.19 bits per heavy atom. The van der Waals surface area contributed by atoms with E-state index in [0.29, 0.717) is 18.7 Å². The molecule has 1 saturated heterocycles. The Morgan fingerprint density at radius 2 is 1.97 bits per heavy atom. The topological polar surface area (TPSA) is 71.0 Å². The number of hydrogen-bond donors (Lipinski definition) is 2. The van der Waals surface area contributed by atoms with Crippen molar-refractivity contribution in [1.29, 1.82) is 0 Å². The lowest BCUT2D eigenvalue weighted by Gasteiger charge is -2.33. The van der Waals surface area contributed by atoms with Crippen LogP contribution < -0.4 is 15.4 Å². The van der Waals surface area contributed by atoms with Gasteiger partial charge >= 0.3 is 0 Å². The van der Waals surface area contributed by atoms with E-state index in [-0.39, 0.29) is 0 Å². The molecule has 0 bridgehead atoms.